The molecule has 0 aliphatic rings. The summed E-state index contributed by atoms with van der Waals surface area (Å²) in [7, 11) is 1.85. The first-order chi connectivity index (χ1) is 5.72. The zero-order chi connectivity index (χ0) is 8.97. The van der Waals surface area contributed by atoms with Crippen LogP contribution in [-0.4, -0.2) is 12.3 Å². The molecule has 12 heavy (non-hydrogen) atoms. The quantitative estimate of drug-likeness (QED) is 0.727. The van der Waals surface area contributed by atoms with Crippen molar-refractivity contribution in [3.63, 3.8) is 0 Å². The number of anilines is 1. The Morgan fingerprint density at radius 3 is 2.42 bits per heavy atom. The van der Waals surface area contributed by atoms with Gasteiger partial charge in [0.05, 0.1) is 0 Å². The zero-order valence-corrected chi connectivity index (χ0v) is 7.56. The van der Waals surface area contributed by atoms with E-state index in [1.165, 1.54) is 0 Å². The van der Waals surface area contributed by atoms with Gasteiger partial charge in [-0.3, -0.25) is 4.79 Å². The van der Waals surface area contributed by atoms with Crippen molar-refractivity contribution in [3.05, 3.63) is 29.8 Å². The van der Waals surface area contributed by atoms with Crippen LogP contribution in [0.2, 0.25) is 0 Å². The number of hydrogen-bond acceptors (Lipinski definition) is 2. The molecule has 0 saturated heterocycles. The van der Waals surface area contributed by atoms with Gasteiger partial charge in [-0.2, -0.15) is 0 Å². The predicted molar refractivity (Wildman–Crippen MR) is 50.6 cm³/mol. The Balaban J connectivity index is 2.71. The summed E-state index contributed by atoms with van der Waals surface area (Å²) in [5, 5.41) is 2.66. The Labute approximate surface area is 76.5 Å². The van der Waals surface area contributed by atoms with E-state index >= 15 is 0 Å². The Hall–Kier alpha value is -1.02. The summed E-state index contributed by atoms with van der Waals surface area (Å²) in [6.07, 6.45) is 0.297. The molecule has 0 spiro atoms. The number of hydrogen-bond donors (Lipinski definition) is 1. The molecule has 1 aromatic rings. The van der Waals surface area contributed by atoms with Gasteiger partial charge < -0.3 is 5.32 Å². The first kappa shape index (κ1) is 9.07. The van der Waals surface area contributed by atoms with Crippen molar-refractivity contribution in [1.29, 1.82) is 0 Å². The molecule has 1 rings (SSSR count). The molecule has 0 amide bonds. The molecule has 0 heterocycles. The van der Waals surface area contributed by atoms with Gasteiger partial charge in [0.15, 0.2) is 0 Å². The van der Waals surface area contributed by atoms with Crippen LogP contribution >= 0.6 is 11.6 Å². The number of carbonyl (C=O) groups is 1. The van der Waals surface area contributed by atoms with E-state index in [4.69, 9.17) is 11.6 Å². The number of benzene rings is 1. The molecule has 2 nitrogen and oxygen atoms in total. The van der Waals surface area contributed by atoms with E-state index in [9.17, 15) is 4.79 Å². The van der Waals surface area contributed by atoms with Gasteiger partial charge in [-0.1, -0.05) is 12.1 Å². The van der Waals surface area contributed by atoms with Crippen molar-refractivity contribution >= 4 is 22.5 Å². The third-order valence-electron chi connectivity index (χ3n) is 1.59. The second-order valence-corrected chi connectivity index (χ2v) is 2.90. The Morgan fingerprint density at radius 1 is 1.42 bits per heavy atom. The molecule has 0 bridgehead atoms. The molecule has 0 atom stereocenters. The summed E-state index contributed by atoms with van der Waals surface area (Å²) in [4.78, 5) is 10.5. The fourth-order valence-corrected chi connectivity index (χ4v) is 1.10. The highest BCUT2D eigenvalue weighted by atomic mass is 35.5. The lowest BCUT2D eigenvalue weighted by molar-refractivity contribution is -0.111. The van der Waals surface area contributed by atoms with E-state index in [0.717, 1.165) is 11.3 Å². The molecule has 0 unspecified atom stereocenters. The molecular weight excluding hydrogens is 174 g/mol. The Kier molecular flexibility index (Phi) is 3.11. The summed E-state index contributed by atoms with van der Waals surface area (Å²) >= 11 is 5.23. The molecule has 1 N–H and O–H groups in total. The lowest BCUT2D eigenvalue weighted by atomic mass is 10.1. The van der Waals surface area contributed by atoms with Gasteiger partial charge in [-0.25, -0.2) is 0 Å². The maximum atomic E-state index is 10.5. The van der Waals surface area contributed by atoms with Crippen LogP contribution in [0.1, 0.15) is 5.56 Å². The first-order valence-corrected chi connectivity index (χ1v) is 4.05. The highest BCUT2D eigenvalue weighted by Crippen LogP contribution is 2.09. The summed E-state index contributed by atoms with van der Waals surface area (Å²) < 4.78 is 0. The van der Waals surface area contributed by atoms with Crippen molar-refractivity contribution in [1.82, 2.24) is 0 Å². The van der Waals surface area contributed by atoms with Crippen LogP contribution in [0, 0.1) is 0 Å². The largest absolute Gasteiger partial charge is 0.388 e. The van der Waals surface area contributed by atoms with Crippen molar-refractivity contribution in [2.45, 2.75) is 6.42 Å². The molecule has 64 valence electrons. The zero-order valence-electron chi connectivity index (χ0n) is 6.80. The van der Waals surface area contributed by atoms with Gasteiger partial charge in [-0.15, -0.1) is 0 Å². The molecular formula is C9H10ClNO. The molecule has 3 heteroatoms. The topological polar surface area (TPSA) is 29.1 Å². The third-order valence-corrected chi connectivity index (χ3v) is 1.72. The lowest BCUT2D eigenvalue weighted by Gasteiger charge is -2.00. The number of halogens is 1. The van der Waals surface area contributed by atoms with E-state index in [2.05, 4.69) is 5.32 Å². The minimum Gasteiger partial charge on any atom is -0.388 e. The van der Waals surface area contributed by atoms with Gasteiger partial charge in [0.1, 0.15) is 0 Å². The molecule has 0 fully saturated rings. The van der Waals surface area contributed by atoms with Crippen LogP contribution in [-0.2, 0) is 11.2 Å². The predicted octanol–water partition coefficient (Wildman–Crippen LogP) is 2.04. The fraction of sp³-hybridized carbons (Fsp3) is 0.222. The molecule has 0 aromatic heterocycles. The van der Waals surface area contributed by atoms with E-state index in [-0.39, 0.29) is 5.24 Å². The number of nitrogens with one attached hydrogen (secondary N) is 1. The fourth-order valence-electron chi connectivity index (χ4n) is 0.950. The Bertz CT molecular complexity index is 268. The summed E-state index contributed by atoms with van der Waals surface area (Å²) in [5.41, 5.74) is 1.97. The van der Waals surface area contributed by atoms with Crippen molar-refractivity contribution < 1.29 is 4.79 Å². The summed E-state index contributed by atoms with van der Waals surface area (Å²) in [5.74, 6) is 0. The standard InChI is InChI=1S/C9H10ClNO/c1-11-8-4-2-7(3-5-8)6-9(10)12/h2-5,11H,6H2,1H3. The second-order valence-electron chi connectivity index (χ2n) is 2.48. The SMILES string of the molecule is CNc1ccc(CC(=O)Cl)cc1. The van der Waals surface area contributed by atoms with Crippen molar-refractivity contribution in [2.24, 2.45) is 0 Å². The third kappa shape index (κ3) is 2.55. The van der Waals surface area contributed by atoms with E-state index in [1.54, 1.807) is 0 Å². The van der Waals surface area contributed by atoms with Gasteiger partial charge in [-0.05, 0) is 29.3 Å². The smallest absolute Gasteiger partial charge is 0.226 e. The van der Waals surface area contributed by atoms with E-state index in [1.807, 2.05) is 31.3 Å². The summed E-state index contributed by atoms with van der Waals surface area (Å²) in [6, 6.07) is 7.59. The normalized spacial score (nSPS) is 9.50. The Morgan fingerprint density at radius 2 is 2.00 bits per heavy atom. The number of rotatable bonds is 3. The highest BCUT2D eigenvalue weighted by molar-refractivity contribution is 6.63. The van der Waals surface area contributed by atoms with Gasteiger partial charge in [0, 0.05) is 19.2 Å². The van der Waals surface area contributed by atoms with Crippen LogP contribution in [0.5, 0.6) is 0 Å². The van der Waals surface area contributed by atoms with Crippen LogP contribution < -0.4 is 5.32 Å². The maximum absolute atomic E-state index is 10.5. The second kappa shape index (κ2) is 4.12. The monoisotopic (exact) mass is 183 g/mol. The highest BCUT2D eigenvalue weighted by Gasteiger charge is 1.98. The average molecular weight is 184 g/mol. The molecule has 0 radical (unpaired) electrons. The van der Waals surface area contributed by atoms with Gasteiger partial charge in [0.2, 0.25) is 5.24 Å². The van der Waals surface area contributed by atoms with E-state index in [0.29, 0.717) is 6.42 Å². The van der Waals surface area contributed by atoms with Crippen molar-refractivity contribution in [3.8, 4) is 0 Å². The minimum absolute atomic E-state index is 0.297. The molecule has 1 aromatic carbocycles. The average Bonchev–Trinajstić information content (AvgIpc) is 2.05. The van der Waals surface area contributed by atoms with Crippen LogP contribution in [0.4, 0.5) is 5.69 Å². The molecule has 0 saturated carbocycles. The van der Waals surface area contributed by atoms with Gasteiger partial charge >= 0.3 is 0 Å². The molecule has 0 aliphatic heterocycles. The van der Waals surface area contributed by atoms with E-state index < -0.39 is 0 Å². The number of carbonyl (C=O) groups excluding carboxylic acids is 1. The lowest BCUT2D eigenvalue weighted by Crippen LogP contribution is -1.94. The van der Waals surface area contributed by atoms with Gasteiger partial charge in [0.25, 0.3) is 0 Å². The minimum atomic E-state index is -0.327. The molecule has 0 aliphatic carbocycles. The van der Waals surface area contributed by atoms with Crippen LogP contribution in [0.25, 0.3) is 0 Å². The first-order valence-electron chi connectivity index (χ1n) is 3.67. The van der Waals surface area contributed by atoms with Crippen LogP contribution in [0.15, 0.2) is 24.3 Å². The maximum Gasteiger partial charge on any atom is 0.226 e. The van der Waals surface area contributed by atoms with Crippen molar-refractivity contribution in [2.75, 3.05) is 12.4 Å². The summed E-state index contributed by atoms with van der Waals surface area (Å²) in [6.45, 7) is 0. The van der Waals surface area contributed by atoms with Crippen LogP contribution in [0.3, 0.4) is 0 Å².